The first kappa shape index (κ1) is 8.27. The summed E-state index contributed by atoms with van der Waals surface area (Å²) in [4.78, 5) is 0. The third-order valence-corrected chi connectivity index (χ3v) is 1.10. The predicted molar refractivity (Wildman–Crippen MR) is 38.3 cm³/mol. The van der Waals surface area contributed by atoms with Crippen LogP contribution in [0, 0.1) is 0 Å². The van der Waals surface area contributed by atoms with E-state index in [0.717, 1.165) is 19.1 Å². The highest BCUT2D eigenvalue weighted by molar-refractivity contribution is 7.98. The van der Waals surface area contributed by atoms with E-state index in [2.05, 4.69) is 5.32 Å². The third kappa shape index (κ3) is 6.27. The zero-order valence-electron chi connectivity index (χ0n) is 5.44. The zero-order chi connectivity index (χ0) is 6.24. The molecule has 8 heavy (non-hydrogen) atoms. The van der Waals surface area contributed by atoms with E-state index in [1.807, 2.05) is 13.3 Å². The van der Waals surface area contributed by atoms with Gasteiger partial charge in [0.2, 0.25) is 0 Å². The van der Waals surface area contributed by atoms with Gasteiger partial charge in [-0.25, -0.2) is 0 Å². The highest BCUT2D eigenvalue weighted by atomic mass is 32.2. The number of thioether (sulfide) groups is 1. The van der Waals surface area contributed by atoms with Crippen molar-refractivity contribution < 1.29 is 4.74 Å². The first-order chi connectivity index (χ1) is 3.91. The molecule has 0 aromatic carbocycles. The van der Waals surface area contributed by atoms with Crippen molar-refractivity contribution in [3.63, 3.8) is 0 Å². The van der Waals surface area contributed by atoms with Crippen LogP contribution in [0.15, 0.2) is 0 Å². The van der Waals surface area contributed by atoms with Crippen LogP contribution in [0.3, 0.4) is 0 Å². The molecule has 0 atom stereocenters. The maximum absolute atomic E-state index is 5.12. The molecule has 1 N–H and O–H groups in total. The van der Waals surface area contributed by atoms with Gasteiger partial charge in [0.25, 0.3) is 0 Å². The maximum atomic E-state index is 5.12. The number of nitrogens with one attached hydrogen (secondary N) is 1. The van der Waals surface area contributed by atoms with Crippen molar-refractivity contribution in [3.8, 4) is 0 Å². The summed E-state index contributed by atoms with van der Waals surface area (Å²) in [5.74, 6) is 0.807. The smallest absolute Gasteiger partial charge is 0.0918 e. The molecule has 0 heterocycles. The monoisotopic (exact) mass is 135 g/mol. The minimum absolute atomic E-state index is 0.807. The second kappa shape index (κ2) is 7.27. The molecule has 0 aliphatic heterocycles. The van der Waals surface area contributed by atoms with Gasteiger partial charge in [0, 0.05) is 6.54 Å². The molecule has 0 amide bonds. The highest BCUT2D eigenvalue weighted by Crippen LogP contribution is 1.89. The van der Waals surface area contributed by atoms with Gasteiger partial charge < -0.3 is 10.1 Å². The molecule has 50 valence electrons. The van der Waals surface area contributed by atoms with Crippen molar-refractivity contribution in [2.24, 2.45) is 0 Å². The average Bonchev–Trinajstić information content (AvgIpc) is 1.81. The van der Waals surface area contributed by atoms with Gasteiger partial charge >= 0.3 is 0 Å². The molecule has 3 heteroatoms. The van der Waals surface area contributed by atoms with Gasteiger partial charge in [-0.05, 0) is 13.3 Å². The van der Waals surface area contributed by atoms with E-state index in [1.165, 1.54) is 0 Å². The van der Waals surface area contributed by atoms with E-state index >= 15 is 0 Å². The highest BCUT2D eigenvalue weighted by Gasteiger charge is 1.80. The molecule has 0 aromatic rings. The van der Waals surface area contributed by atoms with Crippen molar-refractivity contribution in [3.05, 3.63) is 0 Å². The number of likely N-dealkylation sites (N-methyl/N-ethyl adjacent to an activating group) is 1. The Hall–Kier alpha value is 0.270. The normalized spacial score (nSPS) is 9.75. The first-order valence-corrected chi connectivity index (χ1v) is 4.02. The summed E-state index contributed by atoms with van der Waals surface area (Å²) in [6.07, 6.45) is 2.03. The fourth-order valence-corrected chi connectivity index (χ4v) is 0.601. The molecule has 0 bridgehead atoms. The summed E-state index contributed by atoms with van der Waals surface area (Å²) >= 11 is 1.70. The predicted octanol–water partition coefficient (Wildman–Crippen LogP) is 0.543. The van der Waals surface area contributed by atoms with Gasteiger partial charge in [-0.2, -0.15) is 0 Å². The van der Waals surface area contributed by atoms with Crippen molar-refractivity contribution in [2.75, 3.05) is 32.4 Å². The fraction of sp³-hybridized carbons (Fsp3) is 1.00. The number of hydrogen-bond acceptors (Lipinski definition) is 3. The quantitative estimate of drug-likeness (QED) is 0.439. The zero-order valence-corrected chi connectivity index (χ0v) is 6.25. The van der Waals surface area contributed by atoms with Gasteiger partial charge in [0.05, 0.1) is 12.5 Å². The fourth-order valence-electron chi connectivity index (χ4n) is 0.316. The van der Waals surface area contributed by atoms with Crippen LogP contribution in [0.25, 0.3) is 0 Å². The van der Waals surface area contributed by atoms with Crippen molar-refractivity contribution in [1.29, 1.82) is 0 Å². The Labute approximate surface area is 55.0 Å². The van der Waals surface area contributed by atoms with Crippen LogP contribution in [0.5, 0.6) is 0 Å². The van der Waals surface area contributed by atoms with Crippen molar-refractivity contribution in [2.45, 2.75) is 0 Å². The summed E-state index contributed by atoms with van der Waals surface area (Å²) in [5.41, 5.74) is 0. The van der Waals surface area contributed by atoms with Crippen LogP contribution in [-0.2, 0) is 4.74 Å². The van der Waals surface area contributed by atoms with Crippen LogP contribution < -0.4 is 5.32 Å². The lowest BCUT2D eigenvalue weighted by Gasteiger charge is -1.98. The lowest BCUT2D eigenvalue weighted by Crippen LogP contribution is -2.13. The molecule has 0 saturated carbocycles. The van der Waals surface area contributed by atoms with Crippen molar-refractivity contribution in [1.82, 2.24) is 5.32 Å². The van der Waals surface area contributed by atoms with E-state index < -0.39 is 0 Å². The molecule has 0 aliphatic rings. The number of rotatable bonds is 5. The first-order valence-electron chi connectivity index (χ1n) is 2.63. The average molecular weight is 135 g/mol. The van der Waals surface area contributed by atoms with Gasteiger partial charge in [-0.15, -0.1) is 11.8 Å². The molecule has 0 aromatic heterocycles. The van der Waals surface area contributed by atoms with E-state index in [-0.39, 0.29) is 0 Å². The van der Waals surface area contributed by atoms with E-state index in [0.29, 0.717) is 0 Å². The Morgan fingerprint density at radius 1 is 1.62 bits per heavy atom. The largest absolute Gasteiger partial charge is 0.370 e. The molecule has 0 rings (SSSR count). The lowest BCUT2D eigenvalue weighted by atomic mass is 10.7. The minimum atomic E-state index is 0.807. The SMILES string of the molecule is CNCCOCSC. The summed E-state index contributed by atoms with van der Waals surface area (Å²) < 4.78 is 5.12. The second-order valence-electron chi connectivity index (χ2n) is 1.42. The standard InChI is InChI=1S/C5H13NOS/c1-6-3-4-7-5-8-2/h6H,3-5H2,1-2H3. The Morgan fingerprint density at radius 3 is 2.88 bits per heavy atom. The number of hydrogen-bond donors (Lipinski definition) is 1. The second-order valence-corrected chi connectivity index (χ2v) is 2.23. The molecule has 0 fully saturated rings. The Kier molecular flexibility index (Phi) is 7.52. The summed E-state index contributed by atoms with van der Waals surface area (Å²) in [7, 11) is 1.92. The molecule has 0 radical (unpaired) electrons. The summed E-state index contributed by atoms with van der Waals surface area (Å²) in [6, 6.07) is 0. The van der Waals surface area contributed by atoms with Crippen LogP contribution in [-0.4, -0.2) is 32.4 Å². The third-order valence-electron chi connectivity index (χ3n) is 0.698. The molecule has 0 aliphatic carbocycles. The van der Waals surface area contributed by atoms with Crippen LogP contribution in [0.2, 0.25) is 0 Å². The number of ether oxygens (including phenoxy) is 1. The van der Waals surface area contributed by atoms with Crippen LogP contribution in [0.1, 0.15) is 0 Å². The van der Waals surface area contributed by atoms with E-state index in [4.69, 9.17) is 4.74 Å². The van der Waals surface area contributed by atoms with Gasteiger partial charge in [0.1, 0.15) is 0 Å². The van der Waals surface area contributed by atoms with Crippen molar-refractivity contribution >= 4 is 11.8 Å². The van der Waals surface area contributed by atoms with E-state index in [1.54, 1.807) is 11.8 Å². The molecular weight excluding hydrogens is 122 g/mol. The summed E-state index contributed by atoms with van der Waals surface area (Å²) in [6.45, 7) is 1.76. The topological polar surface area (TPSA) is 21.3 Å². The van der Waals surface area contributed by atoms with Crippen LogP contribution in [0.4, 0.5) is 0 Å². The Bertz CT molecular complexity index is 37.4. The molecule has 0 unspecified atom stereocenters. The maximum Gasteiger partial charge on any atom is 0.0918 e. The molecular formula is C5H13NOS. The van der Waals surface area contributed by atoms with Gasteiger partial charge in [-0.3, -0.25) is 0 Å². The van der Waals surface area contributed by atoms with Gasteiger partial charge in [0.15, 0.2) is 0 Å². The van der Waals surface area contributed by atoms with Crippen LogP contribution >= 0.6 is 11.8 Å². The minimum Gasteiger partial charge on any atom is -0.370 e. The summed E-state index contributed by atoms with van der Waals surface area (Å²) in [5, 5.41) is 2.99. The molecule has 2 nitrogen and oxygen atoms in total. The molecule has 0 spiro atoms. The lowest BCUT2D eigenvalue weighted by molar-refractivity contribution is 0.186. The Morgan fingerprint density at radius 2 is 2.38 bits per heavy atom. The van der Waals surface area contributed by atoms with E-state index in [9.17, 15) is 0 Å². The van der Waals surface area contributed by atoms with Gasteiger partial charge in [-0.1, -0.05) is 0 Å². The Balaban J connectivity index is 2.53. The molecule has 0 saturated heterocycles.